The lowest BCUT2D eigenvalue weighted by Crippen LogP contribution is -2.13. The lowest BCUT2D eigenvalue weighted by atomic mass is 10.2. The highest BCUT2D eigenvalue weighted by atomic mass is 79.9. The van der Waals surface area contributed by atoms with E-state index in [4.69, 9.17) is 5.73 Å². The fraction of sp³-hybridized carbons (Fsp3) is 0.154. The Bertz CT molecular complexity index is 586. The topological polar surface area (TPSA) is 42.2 Å². The molecule has 2 aromatic rings. The number of benzene rings is 1. The van der Waals surface area contributed by atoms with Crippen molar-refractivity contribution in [3.8, 4) is 0 Å². The van der Waals surface area contributed by atoms with E-state index in [0.29, 0.717) is 17.2 Å². The van der Waals surface area contributed by atoms with Gasteiger partial charge in [-0.1, -0.05) is 15.9 Å². The summed E-state index contributed by atoms with van der Waals surface area (Å²) in [7, 11) is 1.77. The van der Waals surface area contributed by atoms with Gasteiger partial charge in [0.1, 0.15) is 11.6 Å². The van der Waals surface area contributed by atoms with Crippen molar-refractivity contribution in [3.05, 3.63) is 46.3 Å². The fourth-order valence-electron chi connectivity index (χ4n) is 1.60. The number of nitrogens with two attached hydrogens (primary N) is 1. The Balaban J connectivity index is 2.44. The minimum absolute atomic E-state index is 0.294. The Morgan fingerprint density at radius 2 is 2.06 bits per heavy atom. The molecule has 0 saturated heterocycles. The Hall–Kier alpha value is -1.62. The summed E-state index contributed by atoms with van der Waals surface area (Å²) in [5.41, 5.74) is 7.72. The lowest BCUT2D eigenvalue weighted by molar-refractivity contribution is 0.627. The Labute approximate surface area is 114 Å². The van der Waals surface area contributed by atoms with Gasteiger partial charge in [-0.2, -0.15) is 0 Å². The Morgan fingerprint density at radius 3 is 2.72 bits per heavy atom. The van der Waals surface area contributed by atoms with Crippen molar-refractivity contribution in [2.75, 3.05) is 17.7 Å². The second-order valence-electron chi connectivity index (χ2n) is 4.05. The van der Waals surface area contributed by atoms with Crippen molar-refractivity contribution in [2.45, 2.75) is 6.92 Å². The molecule has 0 fully saturated rings. The zero-order valence-corrected chi connectivity index (χ0v) is 11.7. The van der Waals surface area contributed by atoms with Crippen molar-refractivity contribution in [3.63, 3.8) is 0 Å². The third kappa shape index (κ3) is 2.46. The number of halogens is 2. The molecule has 0 saturated carbocycles. The quantitative estimate of drug-likeness (QED) is 0.921. The molecule has 0 atom stereocenters. The van der Waals surface area contributed by atoms with Crippen LogP contribution in [0, 0.1) is 12.7 Å². The summed E-state index contributed by atoms with van der Waals surface area (Å²) >= 11 is 3.33. The Kier molecular flexibility index (Phi) is 3.52. The molecule has 5 heteroatoms. The lowest BCUT2D eigenvalue weighted by Gasteiger charge is -2.20. The van der Waals surface area contributed by atoms with Crippen LogP contribution in [0.2, 0.25) is 0 Å². The summed E-state index contributed by atoms with van der Waals surface area (Å²) < 4.78 is 14.6. The van der Waals surface area contributed by atoms with Gasteiger partial charge in [0.15, 0.2) is 0 Å². The van der Waals surface area contributed by atoms with Crippen molar-refractivity contribution in [2.24, 2.45) is 0 Å². The molecule has 0 aliphatic rings. The summed E-state index contributed by atoms with van der Waals surface area (Å²) in [5, 5.41) is 0. The monoisotopic (exact) mass is 309 g/mol. The van der Waals surface area contributed by atoms with Crippen molar-refractivity contribution >= 4 is 33.1 Å². The molecule has 2 rings (SSSR count). The average molecular weight is 310 g/mol. The molecule has 0 radical (unpaired) electrons. The van der Waals surface area contributed by atoms with E-state index >= 15 is 0 Å². The summed E-state index contributed by atoms with van der Waals surface area (Å²) in [6, 6.07) is 6.62. The molecule has 0 amide bonds. The number of hydrogen-bond acceptors (Lipinski definition) is 3. The van der Waals surface area contributed by atoms with Gasteiger partial charge in [0.25, 0.3) is 0 Å². The van der Waals surface area contributed by atoms with Crippen LogP contribution in [0.4, 0.5) is 21.6 Å². The van der Waals surface area contributed by atoms with Crippen LogP contribution in [0.15, 0.2) is 34.9 Å². The number of pyridine rings is 1. The molecule has 2 N–H and O–H groups in total. The minimum Gasteiger partial charge on any atom is -0.397 e. The first-order valence-corrected chi connectivity index (χ1v) is 6.19. The van der Waals surface area contributed by atoms with Gasteiger partial charge in [-0.25, -0.2) is 9.37 Å². The zero-order chi connectivity index (χ0) is 13.3. The van der Waals surface area contributed by atoms with Gasteiger partial charge in [0, 0.05) is 11.5 Å². The maximum atomic E-state index is 13.8. The highest BCUT2D eigenvalue weighted by Gasteiger charge is 2.11. The summed E-state index contributed by atoms with van der Waals surface area (Å²) in [5.74, 6) is 0.357. The molecule has 0 bridgehead atoms. The van der Waals surface area contributed by atoms with E-state index < -0.39 is 0 Å². The Morgan fingerprint density at radius 1 is 1.33 bits per heavy atom. The predicted molar refractivity (Wildman–Crippen MR) is 75.5 cm³/mol. The summed E-state index contributed by atoms with van der Waals surface area (Å²) in [6.45, 7) is 1.89. The largest absolute Gasteiger partial charge is 0.397 e. The number of nitrogens with zero attached hydrogens (tertiary/aromatic N) is 2. The van der Waals surface area contributed by atoms with Gasteiger partial charge in [-0.05, 0) is 36.8 Å². The van der Waals surface area contributed by atoms with E-state index in [1.807, 2.05) is 13.0 Å². The van der Waals surface area contributed by atoms with E-state index in [2.05, 4.69) is 20.9 Å². The van der Waals surface area contributed by atoms with E-state index in [1.54, 1.807) is 30.3 Å². The predicted octanol–water partition coefficient (Wildman–Crippen LogP) is 3.64. The molecule has 1 aromatic heterocycles. The van der Waals surface area contributed by atoms with Crippen LogP contribution in [0.5, 0.6) is 0 Å². The number of aryl methyl sites for hydroxylation is 1. The maximum absolute atomic E-state index is 13.8. The first-order valence-electron chi connectivity index (χ1n) is 5.40. The molecular weight excluding hydrogens is 297 g/mol. The van der Waals surface area contributed by atoms with E-state index in [-0.39, 0.29) is 5.82 Å². The van der Waals surface area contributed by atoms with Gasteiger partial charge in [0.2, 0.25) is 0 Å². The molecule has 3 nitrogen and oxygen atoms in total. The fourth-order valence-corrected chi connectivity index (χ4v) is 1.95. The number of nitrogen functional groups attached to an aromatic ring is 1. The van der Waals surface area contributed by atoms with Crippen LogP contribution < -0.4 is 10.6 Å². The highest BCUT2D eigenvalue weighted by Crippen LogP contribution is 2.28. The van der Waals surface area contributed by atoms with E-state index in [9.17, 15) is 4.39 Å². The molecule has 0 spiro atoms. The normalized spacial score (nSPS) is 10.4. The molecular formula is C13H13BrFN3. The second-order valence-corrected chi connectivity index (χ2v) is 4.97. The first-order chi connectivity index (χ1) is 8.49. The first kappa shape index (κ1) is 12.8. The zero-order valence-electron chi connectivity index (χ0n) is 10.1. The standard InChI is InChI=1S/C13H13BrFN3/c1-8-5-13(17-7-11(8)16)18(2)12-6-9(14)3-4-10(12)15/h3-7H,16H2,1-2H3. The van der Waals surface area contributed by atoms with Gasteiger partial charge in [-0.15, -0.1) is 0 Å². The second kappa shape index (κ2) is 4.94. The number of hydrogen-bond donors (Lipinski definition) is 1. The van der Waals surface area contributed by atoms with Crippen LogP contribution in [0.3, 0.4) is 0 Å². The van der Waals surface area contributed by atoms with Gasteiger partial charge in [-0.3, -0.25) is 0 Å². The number of aromatic nitrogens is 1. The van der Waals surface area contributed by atoms with Crippen LogP contribution >= 0.6 is 15.9 Å². The van der Waals surface area contributed by atoms with Gasteiger partial charge < -0.3 is 10.6 Å². The van der Waals surface area contributed by atoms with Crippen LogP contribution in [0.1, 0.15) is 5.56 Å². The van der Waals surface area contributed by atoms with Crippen molar-refractivity contribution in [1.29, 1.82) is 0 Å². The van der Waals surface area contributed by atoms with Crippen molar-refractivity contribution < 1.29 is 4.39 Å². The summed E-state index contributed by atoms with van der Waals surface area (Å²) in [4.78, 5) is 5.89. The maximum Gasteiger partial charge on any atom is 0.146 e. The van der Waals surface area contributed by atoms with Crippen molar-refractivity contribution in [1.82, 2.24) is 4.98 Å². The molecule has 0 aliphatic heterocycles. The van der Waals surface area contributed by atoms with Gasteiger partial charge >= 0.3 is 0 Å². The molecule has 0 aliphatic carbocycles. The number of rotatable bonds is 2. The highest BCUT2D eigenvalue weighted by molar-refractivity contribution is 9.10. The molecule has 1 aromatic carbocycles. The number of anilines is 3. The molecule has 18 heavy (non-hydrogen) atoms. The van der Waals surface area contributed by atoms with E-state index in [1.165, 1.54) is 6.07 Å². The van der Waals surface area contributed by atoms with Crippen LogP contribution in [-0.4, -0.2) is 12.0 Å². The van der Waals surface area contributed by atoms with E-state index in [0.717, 1.165) is 10.0 Å². The minimum atomic E-state index is -0.294. The molecule has 1 heterocycles. The average Bonchev–Trinajstić information content (AvgIpc) is 2.35. The third-order valence-corrected chi connectivity index (χ3v) is 3.24. The molecule has 0 unspecified atom stereocenters. The third-order valence-electron chi connectivity index (χ3n) is 2.75. The molecule has 94 valence electrons. The van der Waals surface area contributed by atoms with Crippen LogP contribution in [0.25, 0.3) is 0 Å². The van der Waals surface area contributed by atoms with Gasteiger partial charge in [0.05, 0.1) is 17.6 Å². The smallest absolute Gasteiger partial charge is 0.146 e. The SMILES string of the molecule is Cc1cc(N(C)c2cc(Br)ccc2F)ncc1N. The van der Waals surface area contributed by atoms with Crippen LogP contribution in [-0.2, 0) is 0 Å². The summed E-state index contributed by atoms with van der Waals surface area (Å²) in [6.07, 6.45) is 1.58.